The molecule has 0 saturated carbocycles. The minimum Gasteiger partial charge on any atom is -0.493 e. The Labute approximate surface area is 138 Å². The Kier molecular flexibility index (Phi) is 5.52. The van der Waals surface area contributed by atoms with E-state index in [2.05, 4.69) is 0 Å². The van der Waals surface area contributed by atoms with Gasteiger partial charge in [-0.1, -0.05) is 41.4 Å². The Morgan fingerprint density at radius 1 is 1.14 bits per heavy atom. The molecule has 0 spiro atoms. The van der Waals surface area contributed by atoms with E-state index in [-0.39, 0.29) is 6.42 Å². The second-order valence-corrected chi connectivity index (χ2v) is 5.36. The number of halogens is 2. The number of carboxylic acid groups (broad SMARTS) is 1. The average Bonchev–Trinajstić information content (AvgIpc) is 2.50. The number of methoxy groups -OCH3 is 1. The summed E-state index contributed by atoms with van der Waals surface area (Å²) < 4.78 is 10.7. The number of hydrogen-bond acceptors (Lipinski definition) is 3. The molecule has 1 N–H and O–H groups in total. The zero-order chi connectivity index (χ0) is 16.1. The summed E-state index contributed by atoms with van der Waals surface area (Å²) in [7, 11) is 1.50. The highest BCUT2D eigenvalue weighted by Gasteiger charge is 2.22. The number of aliphatic carboxylic acids is 1. The fourth-order valence-electron chi connectivity index (χ4n) is 1.93. The zero-order valence-electron chi connectivity index (χ0n) is 11.8. The van der Waals surface area contributed by atoms with Crippen molar-refractivity contribution in [1.82, 2.24) is 0 Å². The quantitative estimate of drug-likeness (QED) is 0.860. The summed E-state index contributed by atoms with van der Waals surface area (Å²) in [6, 6.07) is 11.9. The monoisotopic (exact) mass is 340 g/mol. The van der Waals surface area contributed by atoms with Crippen LogP contribution in [-0.2, 0) is 11.2 Å². The predicted octanol–water partition coefficient (Wildman–Crippen LogP) is 4.08. The fourth-order valence-corrected chi connectivity index (χ4v) is 2.25. The van der Waals surface area contributed by atoms with Crippen LogP contribution >= 0.6 is 23.2 Å². The van der Waals surface area contributed by atoms with Gasteiger partial charge in [-0.05, 0) is 29.8 Å². The summed E-state index contributed by atoms with van der Waals surface area (Å²) in [6.07, 6.45) is -0.905. The van der Waals surface area contributed by atoms with Gasteiger partial charge < -0.3 is 14.6 Å². The molecule has 2 aromatic carbocycles. The van der Waals surface area contributed by atoms with Gasteiger partial charge in [0.25, 0.3) is 0 Å². The molecular formula is C16H14Cl2O4. The Morgan fingerprint density at radius 2 is 1.82 bits per heavy atom. The predicted molar refractivity (Wildman–Crippen MR) is 85.2 cm³/mol. The minimum absolute atomic E-state index is 0.157. The molecule has 0 aliphatic heterocycles. The molecule has 0 aliphatic rings. The van der Waals surface area contributed by atoms with E-state index < -0.39 is 12.1 Å². The van der Waals surface area contributed by atoms with Gasteiger partial charge in [0.2, 0.25) is 0 Å². The molecule has 2 aromatic rings. The Hall–Kier alpha value is -1.91. The van der Waals surface area contributed by atoms with E-state index in [0.29, 0.717) is 21.5 Å². The van der Waals surface area contributed by atoms with E-state index in [1.54, 1.807) is 42.5 Å². The average molecular weight is 341 g/mol. The molecule has 22 heavy (non-hydrogen) atoms. The van der Waals surface area contributed by atoms with Crippen LogP contribution in [0.1, 0.15) is 5.56 Å². The largest absolute Gasteiger partial charge is 0.493 e. The topological polar surface area (TPSA) is 55.8 Å². The first-order chi connectivity index (χ1) is 10.5. The summed E-state index contributed by atoms with van der Waals surface area (Å²) >= 11 is 11.8. The van der Waals surface area contributed by atoms with Crippen LogP contribution in [0.2, 0.25) is 10.0 Å². The lowest BCUT2D eigenvalue weighted by atomic mass is 10.1. The van der Waals surface area contributed by atoms with Gasteiger partial charge in [0.1, 0.15) is 0 Å². The third-order valence-electron chi connectivity index (χ3n) is 3.02. The van der Waals surface area contributed by atoms with E-state index >= 15 is 0 Å². The lowest BCUT2D eigenvalue weighted by molar-refractivity contribution is -0.145. The Bertz CT molecular complexity index is 673. The van der Waals surface area contributed by atoms with Crippen LogP contribution in [0.25, 0.3) is 0 Å². The molecule has 0 aliphatic carbocycles. The van der Waals surface area contributed by atoms with Gasteiger partial charge in [0.05, 0.1) is 17.2 Å². The van der Waals surface area contributed by atoms with Crippen molar-refractivity contribution in [2.75, 3.05) is 7.11 Å². The third kappa shape index (κ3) is 4.06. The van der Waals surface area contributed by atoms with Crippen LogP contribution in [0.4, 0.5) is 0 Å². The number of carboxylic acids is 1. The number of benzene rings is 2. The van der Waals surface area contributed by atoms with E-state index in [1.165, 1.54) is 7.11 Å². The number of hydrogen-bond donors (Lipinski definition) is 1. The Morgan fingerprint density at radius 3 is 2.41 bits per heavy atom. The second-order valence-electron chi connectivity index (χ2n) is 4.55. The highest BCUT2D eigenvalue weighted by molar-refractivity contribution is 6.42. The normalized spacial score (nSPS) is 11.8. The van der Waals surface area contributed by atoms with Crippen molar-refractivity contribution in [1.29, 1.82) is 0 Å². The number of ether oxygens (including phenoxy) is 2. The van der Waals surface area contributed by atoms with Gasteiger partial charge in [-0.25, -0.2) is 4.79 Å². The van der Waals surface area contributed by atoms with Crippen LogP contribution in [-0.4, -0.2) is 24.3 Å². The summed E-state index contributed by atoms with van der Waals surface area (Å²) in [5.74, 6) is -0.225. The van der Waals surface area contributed by atoms with Gasteiger partial charge >= 0.3 is 5.97 Å². The summed E-state index contributed by atoms with van der Waals surface area (Å²) in [5, 5.41) is 10.2. The number of rotatable bonds is 6. The second kappa shape index (κ2) is 7.38. The smallest absolute Gasteiger partial charge is 0.345 e. The molecule has 0 amide bonds. The molecule has 1 atom stereocenters. The van der Waals surface area contributed by atoms with E-state index in [9.17, 15) is 9.90 Å². The van der Waals surface area contributed by atoms with Gasteiger partial charge in [0.15, 0.2) is 17.6 Å². The van der Waals surface area contributed by atoms with Crippen molar-refractivity contribution < 1.29 is 19.4 Å². The zero-order valence-corrected chi connectivity index (χ0v) is 13.3. The highest BCUT2D eigenvalue weighted by Crippen LogP contribution is 2.28. The third-order valence-corrected chi connectivity index (χ3v) is 3.76. The standard InChI is InChI=1S/C16H14Cl2O4/c1-21-13-4-2-3-5-14(13)22-15(16(19)20)9-10-6-7-11(17)12(18)8-10/h2-8,15H,9H2,1H3,(H,19,20). The van der Waals surface area contributed by atoms with Crippen LogP contribution in [0.15, 0.2) is 42.5 Å². The molecule has 2 rings (SSSR count). The van der Waals surface area contributed by atoms with Crippen LogP contribution in [0.5, 0.6) is 11.5 Å². The molecule has 0 radical (unpaired) electrons. The first-order valence-corrected chi connectivity index (χ1v) is 7.23. The maximum Gasteiger partial charge on any atom is 0.345 e. The van der Waals surface area contributed by atoms with Crippen molar-refractivity contribution in [3.8, 4) is 11.5 Å². The molecule has 0 fully saturated rings. The fraction of sp³-hybridized carbons (Fsp3) is 0.188. The molecule has 1 unspecified atom stereocenters. The molecule has 0 bridgehead atoms. The van der Waals surface area contributed by atoms with Crippen LogP contribution in [0.3, 0.4) is 0 Å². The van der Waals surface area contributed by atoms with Crippen LogP contribution < -0.4 is 9.47 Å². The van der Waals surface area contributed by atoms with Gasteiger partial charge in [-0.3, -0.25) is 0 Å². The summed E-state index contributed by atoms with van der Waals surface area (Å²) in [6.45, 7) is 0. The maximum absolute atomic E-state index is 11.4. The van der Waals surface area contributed by atoms with E-state index in [0.717, 1.165) is 5.56 Å². The molecule has 4 nitrogen and oxygen atoms in total. The van der Waals surface area contributed by atoms with Gasteiger partial charge in [-0.2, -0.15) is 0 Å². The summed E-state index contributed by atoms with van der Waals surface area (Å²) in [5.41, 5.74) is 0.719. The molecule has 116 valence electrons. The lowest BCUT2D eigenvalue weighted by Gasteiger charge is -2.17. The minimum atomic E-state index is -1.07. The highest BCUT2D eigenvalue weighted by atomic mass is 35.5. The molecular weight excluding hydrogens is 327 g/mol. The number of para-hydroxylation sites is 2. The first kappa shape index (κ1) is 16.5. The van der Waals surface area contributed by atoms with Gasteiger partial charge in [-0.15, -0.1) is 0 Å². The van der Waals surface area contributed by atoms with Crippen molar-refractivity contribution >= 4 is 29.2 Å². The molecule has 0 heterocycles. The first-order valence-electron chi connectivity index (χ1n) is 6.47. The molecule has 0 saturated heterocycles. The summed E-state index contributed by atoms with van der Waals surface area (Å²) in [4.78, 5) is 11.4. The van der Waals surface area contributed by atoms with E-state index in [4.69, 9.17) is 32.7 Å². The van der Waals surface area contributed by atoms with Crippen molar-refractivity contribution in [2.45, 2.75) is 12.5 Å². The maximum atomic E-state index is 11.4. The van der Waals surface area contributed by atoms with Crippen molar-refractivity contribution in [2.24, 2.45) is 0 Å². The van der Waals surface area contributed by atoms with E-state index in [1.807, 2.05) is 0 Å². The molecule has 6 heteroatoms. The Balaban J connectivity index is 2.20. The number of carbonyl (C=O) groups is 1. The molecule has 0 aromatic heterocycles. The van der Waals surface area contributed by atoms with Crippen LogP contribution in [0, 0.1) is 0 Å². The van der Waals surface area contributed by atoms with Crippen molar-refractivity contribution in [3.05, 3.63) is 58.1 Å². The van der Waals surface area contributed by atoms with Gasteiger partial charge in [0, 0.05) is 6.42 Å². The van der Waals surface area contributed by atoms with Crippen molar-refractivity contribution in [3.63, 3.8) is 0 Å². The SMILES string of the molecule is COc1ccccc1OC(Cc1ccc(Cl)c(Cl)c1)C(=O)O. The lowest BCUT2D eigenvalue weighted by Crippen LogP contribution is -2.29.